The Balaban J connectivity index is 2.33. The lowest BCUT2D eigenvalue weighted by atomic mass is 10.2. The number of amides is 1. The second kappa shape index (κ2) is 5.03. The topological polar surface area (TPSA) is 82.8 Å². The molecule has 2 atom stereocenters. The minimum atomic E-state index is -1.14. The molecule has 1 aliphatic rings. The Morgan fingerprint density at radius 3 is 2.53 bits per heavy atom. The van der Waals surface area contributed by atoms with Crippen molar-refractivity contribution in [2.75, 3.05) is 6.54 Å². The first-order valence-electron chi connectivity index (χ1n) is 5.55. The van der Waals surface area contributed by atoms with Crippen molar-refractivity contribution in [3.63, 3.8) is 0 Å². The summed E-state index contributed by atoms with van der Waals surface area (Å²) in [4.78, 5) is 24.5. The highest BCUT2D eigenvalue weighted by molar-refractivity contribution is 6.41. The summed E-state index contributed by atoms with van der Waals surface area (Å²) in [6.45, 7) is -0.0176. The summed E-state index contributed by atoms with van der Waals surface area (Å²) < 4.78 is 1.38. The number of β-amino-alcohol motifs (C(OH)–C–C–N with tert-alkyl or cyclic N) is 1. The summed E-state index contributed by atoms with van der Waals surface area (Å²) in [7, 11) is 1.56. The number of rotatable bonds is 2. The Morgan fingerprint density at radius 1 is 1.42 bits per heavy atom. The zero-order valence-electron chi connectivity index (χ0n) is 10.0. The van der Waals surface area contributed by atoms with E-state index in [4.69, 9.17) is 28.3 Å². The number of carboxylic acids is 1. The fraction of sp³-hybridized carbons (Fsp3) is 0.455. The molecule has 0 unspecified atom stereocenters. The first kappa shape index (κ1) is 14.2. The summed E-state index contributed by atoms with van der Waals surface area (Å²) in [5.41, 5.74) is 0.190. The number of carboxylic acid groups (broad SMARTS) is 1. The van der Waals surface area contributed by atoms with Gasteiger partial charge in [0.1, 0.15) is 16.9 Å². The number of hydrogen-bond donors (Lipinski definition) is 2. The summed E-state index contributed by atoms with van der Waals surface area (Å²) in [6, 6.07) is 0.352. The molecule has 1 aromatic rings. The van der Waals surface area contributed by atoms with Crippen molar-refractivity contribution in [2.45, 2.75) is 18.6 Å². The largest absolute Gasteiger partial charge is 0.480 e. The second-order valence-electron chi connectivity index (χ2n) is 4.43. The van der Waals surface area contributed by atoms with Crippen LogP contribution in [0.2, 0.25) is 10.2 Å². The van der Waals surface area contributed by atoms with Crippen LogP contribution in [0, 0.1) is 0 Å². The van der Waals surface area contributed by atoms with Gasteiger partial charge < -0.3 is 19.7 Å². The normalized spacial score (nSPS) is 22.8. The van der Waals surface area contributed by atoms with Gasteiger partial charge in [-0.2, -0.15) is 0 Å². The van der Waals surface area contributed by atoms with E-state index in [0.29, 0.717) is 0 Å². The fourth-order valence-electron chi connectivity index (χ4n) is 2.17. The van der Waals surface area contributed by atoms with Gasteiger partial charge in [0.05, 0.1) is 11.1 Å². The van der Waals surface area contributed by atoms with Crippen molar-refractivity contribution in [1.29, 1.82) is 0 Å². The first-order chi connectivity index (χ1) is 8.82. The highest BCUT2D eigenvalue weighted by Gasteiger charge is 2.40. The molecular formula is C11H12Cl2N2O4. The molecule has 8 heteroatoms. The smallest absolute Gasteiger partial charge is 0.326 e. The number of aliphatic carboxylic acids is 1. The average molecular weight is 307 g/mol. The lowest BCUT2D eigenvalue weighted by molar-refractivity contribution is -0.141. The van der Waals surface area contributed by atoms with Crippen LogP contribution in [0.3, 0.4) is 0 Å². The average Bonchev–Trinajstić information content (AvgIpc) is 2.85. The molecule has 0 aromatic carbocycles. The van der Waals surface area contributed by atoms with Gasteiger partial charge in [-0.05, 0) is 6.07 Å². The molecule has 0 bridgehead atoms. The van der Waals surface area contributed by atoms with Crippen LogP contribution in [0.25, 0.3) is 0 Å². The quantitative estimate of drug-likeness (QED) is 0.853. The van der Waals surface area contributed by atoms with Crippen LogP contribution >= 0.6 is 23.2 Å². The molecule has 104 valence electrons. The number of aliphatic hydroxyl groups is 1. The molecule has 1 saturated heterocycles. The van der Waals surface area contributed by atoms with Crippen LogP contribution in [0.1, 0.15) is 16.9 Å². The number of halogens is 2. The Bertz CT molecular complexity index is 543. The number of hydrogen-bond acceptors (Lipinski definition) is 3. The number of aliphatic hydroxyl groups excluding tert-OH is 1. The molecule has 19 heavy (non-hydrogen) atoms. The molecule has 1 aromatic heterocycles. The lowest BCUT2D eigenvalue weighted by Gasteiger charge is -2.21. The van der Waals surface area contributed by atoms with Gasteiger partial charge in [-0.1, -0.05) is 23.2 Å². The highest BCUT2D eigenvalue weighted by atomic mass is 35.5. The van der Waals surface area contributed by atoms with E-state index in [1.54, 1.807) is 7.05 Å². The molecule has 2 rings (SSSR count). The molecule has 2 heterocycles. The van der Waals surface area contributed by atoms with Crippen molar-refractivity contribution in [1.82, 2.24) is 9.47 Å². The van der Waals surface area contributed by atoms with Crippen LogP contribution in [0.4, 0.5) is 0 Å². The van der Waals surface area contributed by atoms with Crippen LogP contribution in [-0.2, 0) is 11.8 Å². The maximum atomic E-state index is 12.3. The summed E-state index contributed by atoms with van der Waals surface area (Å²) >= 11 is 11.7. The maximum absolute atomic E-state index is 12.3. The molecule has 0 saturated carbocycles. The third-order valence-corrected chi connectivity index (χ3v) is 4.00. The number of carbonyl (C=O) groups excluding carboxylic acids is 1. The van der Waals surface area contributed by atoms with Crippen LogP contribution < -0.4 is 0 Å². The van der Waals surface area contributed by atoms with Crippen molar-refractivity contribution < 1.29 is 19.8 Å². The molecule has 0 spiro atoms. The van der Waals surface area contributed by atoms with E-state index in [2.05, 4.69) is 0 Å². The van der Waals surface area contributed by atoms with E-state index < -0.39 is 24.0 Å². The summed E-state index contributed by atoms with van der Waals surface area (Å²) in [6.07, 6.45) is -0.816. The second-order valence-corrected chi connectivity index (χ2v) is 5.19. The van der Waals surface area contributed by atoms with Crippen molar-refractivity contribution >= 4 is 35.1 Å². The van der Waals surface area contributed by atoms with Gasteiger partial charge in [-0.3, -0.25) is 4.79 Å². The van der Waals surface area contributed by atoms with Crippen LogP contribution in [-0.4, -0.2) is 50.2 Å². The van der Waals surface area contributed by atoms with E-state index >= 15 is 0 Å². The number of nitrogens with zero attached hydrogens (tertiary/aromatic N) is 2. The molecular weight excluding hydrogens is 295 g/mol. The van der Waals surface area contributed by atoms with Crippen molar-refractivity contribution in [2.24, 2.45) is 7.05 Å². The lowest BCUT2D eigenvalue weighted by Crippen LogP contribution is -2.41. The van der Waals surface area contributed by atoms with Gasteiger partial charge in [0, 0.05) is 20.0 Å². The van der Waals surface area contributed by atoms with Crippen LogP contribution in [0.5, 0.6) is 0 Å². The Hall–Kier alpha value is -1.24. The molecule has 2 N–H and O–H groups in total. The number of carbonyl (C=O) groups is 2. The predicted molar refractivity (Wildman–Crippen MR) is 68.5 cm³/mol. The zero-order chi connectivity index (χ0) is 14.3. The monoisotopic (exact) mass is 306 g/mol. The standard InChI is InChI=1S/C11H12Cl2N2O4/c1-14-7(3-6(12)9(14)13)10(17)15-4-5(16)2-8(15)11(18)19/h3,5,8,16H,2,4H2,1H3,(H,18,19)/t5-,8-/m1/s1. The number of likely N-dealkylation sites (tertiary alicyclic amines) is 1. The Kier molecular flexibility index (Phi) is 3.75. The van der Waals surface area contributed by atoms with Crippen molar-refractivity contribution in [3.8, 4) is 0 Å². The zero-order valence-corrected chi connectivity index (χ0v) is 11.5. The predicted octanol–water partition coefficient (Wildman–Crippen LogP) is 0.992. The van der Waals surface area contributed by atoms with Gasteiger partial charge in [0.2, 0.25) is 0 Å². The van der Waals surface area contributed by atoms with E-state index in [1.807, 2.05) is 0 Å². The maximum Gasteiger partial charge on any atom is 0.326 e. The minimum Gasteiger partial charge on any atom is -0.480 e. The van der Waals surface area contributed by atoms with E-state index in [9.17, 15) is 14.7 Å². The molecule has 1 amide bonds. The Morgan fingerprint density at radius 2 is 2.05 bits per heavy atom. The first-order valence-corrected chi connectivity index (χ1v) is 6.31. The fourth-order valence-corrected chi connectivity index (χ4v) is 2.54. The molecule has 6 nitrogen and oxygen atoms in total. The third-order valence-electron chi connectivity index (χ3n) is 3.16. The highest BCUT2D eigenvalue weighted by Crippen LogP contribution is 2.28. The van der Waals surface area contributed by atoms with Crippen molar-refractivity contribution in [3.05, 3.63) is 21.9 Å². The van der Waals surface area contributed by atoms with Crippen LogP contribution in [0.15, 0.2) is 6.07 Å². The van der Waals surface area contributed by atoms with Gasteiger partial charge >= 0.3 is 5.97 Å². The minimum absolute atomic E-state index is 0.0176. The molecule has 1 fully saturated rings. The van der Waals surface area contributed by atoms with E-state index in [1.165, 1.54) is 10.6 Å². The van der Waals surface area contributed by atoms with Gasteiger partial charge in [0.15, 0.2) is 0 Å². The molecule has 0 aliphatic carbocycles. The molecule has 0 radical (unpaired) electrons. The van der Waals surface area contributed by atoms with Gasteiger partial charge in [-0.25, -0.2) is 4.79 Å². The Labute approximate surface area is 119 Å². The SMILES string of the molecule is Cn1c(C(=O)N2C[C@H](O)C[C@@H]2C(=O)O)cc(Cl)c1Cl. The molecule has 1 aliphatic heterocycles. The number of aromatic nitrogens is 1. The summed E-state index contributed by atoms with van der Waals surface area (Å²) in [5, 5.41) is 19.0. The van der Waals surface area contributed by atoms with Gasteiger partial charge in [0.25, 0.3) is 5.91 Å². The third kappa shape index (κ3) is 2.43. The van der Waals surface area contributed by atoms with Gasteiger partial charge in [-0.15, -0.1) is 0 Å². The summed E-state index contributed by atoms with van der Waals surface area (Å²) in [5.74, 6) is -1.66. The van der Waals surface area contributed by atoms with E-state index in [0.717, 1.165) is 4.90 Å². The van der Waals surface area contributed by atoms with E-state index in [-0.39, 0.29) is 28.8 Å².